The van der Waals surface area contributed by atoms with Crippen LogP contribution in [-0.2, 0) is 9.47 Å². The Morgan fingerprint density at radius 3 is 2.00 bits per heavy atom. The molecule has 0 aliphatic heterocycles. The first-order valence-corrected chi connectivity index (χ1v) is 5.30. The van der Waals surface area contributed by atoms with E-state index in [-0.39, 0.29) is 19.5 Å². The van der Waals surface area contributed by atoms with Crippen LogP contribution in [0, 0.1) is 0 Å². The molecule has 0 radical (unpaired) electrons. The molecular weight excluding hydrogens is 184 g/mol. The Kier molecular flexibility index (Phi) is 10.8. The van der Waals surface area contributed by atoms with Gasteiger partial charge in [0.1, 0.15) is 0 Å². The van der Waals surface area contributed by atoms with Gasteiger partial charge in [0.2, 0.25) is 0 Å². The summed E-state index contributed by atoms with van der Waals surface area (Å²) >= 11 is 0. The molecule has 14 heavy (non-hydrogen) atoms. The summed E-state index contributed by atoms with van der Waals surface area (Å²) in [6.45, 7) is 2.74. The van der Waals surface area contributed by atoms with E-state index in [1.807, 2.05) is 0 Å². The third-order valence-electron chi connectivity index (χ3n) is 1.83. The fraction of sp³-hybridized carbons (Fsp3) is 1.00. The molecule has 4 nitrogen and oxygen atoms in total. The molecule has 0 spiro atoms. The van der Waals surface area contributed by atoms with Crippen molar-refractivity contribution in [3.63, 3.8) is 0 Å². The lowest BCUT2D eigenvalue weighted by molar-refractivity contribution is -0.156. The highest BCUT2D eigenvalue weighted by Crippen LogP contribution is 2.07. The maximum atomic E-state index is 8.58. The topological polar surface area (TPSA) is 58.9 Å². The summed E-state index contributed by atoms with van der Waals surface area (Å²) in [4.78, 5) is 0. The van der Waals surface area contributed by atoms with Crippen LogP contribution in [0.25, 0.3) is 0 Å². The predicted molar refractivity (Wildman–Crippen MR) is 54.0 cm³/mol. The van der Waals surface area contributed by atoms with E-state index in [9.17, 15) is 0 Å². The van der Waals surface area contributed by atoms with E-state index < -0.39 is 0 Å². The van der Waals surface area contributed by atoms with Gasteiger partial charge < -0.3 is 19.7 Å². The highest BCUT2D eigenvalue weighted by Gasteiger charge is 2.07. The van der Waals surface area contributed by atoms with Gasteiger partial charge in [0.15, 0.2) is 6.29 Å². The van der Waals surface area contributed by atoms with Crippen molar-refractivity contribution in [1.82, 2.24) is 0 Å². The van der Waals surface area contributed by atoms with E-state index >= 15 is 0 Å². The number of hydrogen-bond donors (Lipinski definition) is 2. The Bertz CT molecular complexity index is 100. The van der Waals surface area contributed by atoms with Crippen LogP contribution in [0.3, 0.4) is 0 Å². The van der Waals surface area contributed by atoms with Gasteiger partial charge in [0, 0.05) is 0 Å². The Labute approximate surface area is 85.8 Å². The minimum atomic E-state index is -0.277. The highest BCUT2D eigenvalue weighted by molar-refractivity contribution is 4.47. The number of aliphatic hydroxyl groups is 2. The number of aliphatic hydroxyl groups excluding tert-OH is 2. The largest absolute Gasteiger partial charge is 0.394 e. The zero-order chi connectivity index (χ0) is 10.6. The van der Waals surface area contributed by atoms with Gasteiger partial charge in [-0.05, 0) is 12.8 Å². The van der Waals surface area contributed by atoms with E-state index in [0.717, 1.165) is 25.7 Å². The van der Waals surface area contributed by atoms with Gasteiger partial charge in [0.05, 0.1) is 26.4 Å². The van der Waals surface area contributed by atoms with Crippen LogP contribution in [0.2, 0.25) is 0 Å². The van der Waals surface area contributed by atoms with Crippen molar-refractivity contribution in [2.24, 2.45) is 0 Å². The van der Waals surface area contributed by atoms with Crippen molar-refractivity contribution < 1.29 is 19.7 Å². The SMILES string of the molecule is CCCCCC(OCCO)OCCO. The fourth-order valence-corrected chi connectivity index (χ4v) is 1.14. The Morgan fingerprint density at radius 1 is 1.00 bits per heavy atom. The van der Waals surface area contributed by atoms with Crippen molar-refractivity contribution in [3.05, 3.63) is 0 Å². The molecule has 0 aromatic rings. The molecule has 0 heterocycles. The first kappa shape index (κ1) is 13.8. The average molecular weight is 206 g/mol. The monoisotopic (exact) mass is 206 g/mol. The second-order valence-electron chi connectivity index (χ2n) is 3.11. The van der Waals surface area contributed by atoms with E-state index in [0.29, 0.717) is 13.2 Å². The Morgan fingerprint density at radius 2 is 1.57 bits per heavy atom. The first-order chi connectivity index (χ1) is 6.85. The maximum absolute atomic E-state index is 8.58. The van der Waals surface area contributed by atoms with Crippen LogP contribution in [0.5, 0.6) is 0 Å². The van der Waals surface area contributed by atoms with Crippen LogP contribution in [0.4, 0.5) is 0 Å². The van der Waals surface area contributed by atoms with Crippen LogP contribution in [-0.4, -0.2) is 42.9 Å². The summed E-state index contributed by atoms with van der Waals surface area (Å²) in [5.74, 6) is 0. The van der Waals surface area contributed by atoms with Gasteiger partial charge in [-0.1, -0.05) is 19.8 Å². The lowest BCUT2D eigenvalue weighted by Crippen LogP contribution is -2.21. The van der Waals surface area contributed by atoms with Gasteiger partial charge in [-0.2, -0.15) is 0 Å². The van der Waals surface area contributed by atoms with Gasteiger partial charge >= 0.3 is 0 Å². The first-order valence-electron chi connectivity index (χ1n) is 5.30. The van der Waals surface area contributed by atoms with E-state index in [4.69, 9.17) is 19.7 Å². The summed E-state index contributed by atoms with van der Waals surface area (Å²) in [5.41, 5.74) is 0. The van der Waals surface area contributed by atoms with Crippen molar-refractivity contribution in [3.8, 4) is 0 Å². The predicted octanol–water partition coefficient (Wildman–Crippen LogP) is 0.911. The third-order valence-corrected chi connectivity index (χ3v) is 1.83. The Balaban J connectivity index is 3.49. The molecule has 0 fully saturated rings. The van der Waals surface area contributed by atoms with Crippen LogP contribution >= 0.6 is 0 Å². The van der Waals surface area contributed by atoms with Crippen molar-refractivity contribution in [1.29, 1.82) is 0 Å². The molecule has 86 valence electrons. The molecule has 0 aliphatic carbocycles. The van der Waals surface area contributed by atoms with Crippen molar-refractivity contribution in [2.45, 2.75) is 38.9 Å². The molecule has 0 amide bonds. The number of hydrogen-bond acceptors (Lipinski definition) is 4. The zero-order valence-corrected chi connectivity index (χ0v) is 8.95. The van der Waals surface area contributed by atoms with Crippen molar-refractivity contribution >= 4 is 0 Å². The summed E-state index contributed by atoms with van der Waals surface area (Å²) in [6.07, 6.45) is 3.92. The lowest BCUT2D eigenvalue weighted by atomic mass is 10.2. The molecule has 0 bridgehead atoms. The minimum Gasteiger partial charge on any atom is -0.394 e. The summed E-state index contributed by atoms with van der Waals surface area (Å²) in [5, 5.41) is 17.2. The molecule has 0 atom stereocenters. The quantitative estimate of drug-likeness (QED) is 0.412. The van der Waals surface area contributed by atoms with Crippen LogP contribution < -0.4 is 0 Å². The normalized spacial score (nSPS) is 11.1. The molecule has 4 heteroatoms. The van der Waals surface area contributed by atoms with E-state index in [1.54, 1.807) is 0 Å². The lowest BCUT2D eigenvalue weighted by Gasteiger charge is -2.17. The summed E-state index contributed by atoms with van der Waals surface area (Å²) in [6, 6.07) is 0. The molecule has 0 saturated carbocycles. The molecular formula is C10H22O4. The third kappa shape index (κ3) is 8.44. The highest BCUT2D eigenvalue weighted by atomic mass is 16.7. The fourth-order valence-electron chi connectivity index (χ4n) is 1.14. The second kappa shape index (κ2) is 10.9. The smallest absolute Gasteiger partial charge is 0.157 e. The van der Waals surface area contributed by atoms with E-state index in [1.165, 1.54) is 0 Å². The summed E-state index contributed by atoms with van der Waals surface area (Å²) in [7, 11) is 0. The number of rotatable bonds is 10. The standard InChI is InChI=1S/C10H22O4/c1-2-3-4-5-10(13-8-6-11)14-9-7-12/h10-12H,2-9H2,1H3. The Hall–Kier alpha value is -0.160. The number of ether oxygens (including phenoxy) is 2. The maximum Gasteiger partial charge on any atom is 0.157 e. The van der Waals surface area contributed by atoms with Crippen LogP contribution in [0.15, 0.2) is 0 Å². The minimum absolute atomic E-state index is 0.00671. The molecule has 2 N–H and O–H groups in total. The zero-order valence-electron chi connectivity index (χ0n) is 8.95. The van der Waals surface area contributed by atoms with Crippen LogP contribution in [0.1, 0.15) is 32.6 Å². The van der Waals surface area contributed by atoms with Gasteiger partial charge in [0.25, 0.3) is 0 Å². The number of unbranched alkanes of at least 4 members (excludes halogenated alkanes) is 2. The molecule has 0 aromatic heterocycles. The van der Waals surface area contributed by atoms with Gasteiger partial charge in [-0.15, -0.1) is 0 Å². The van der Waals surface area contributed by atoms with Gasteiger partial charge in [-0.3, -0.25) is 0 Å². The second-order valence-corrected chi connectivity index (χ2v) is 3.11. The molecule has 0 rings (SSSR count). The molecule has 0 unspecified atom stereocenters. The molecule has 0 aromatic carbocycles. The van der Waals surface area contributed by atoms with Gasteiger partial charge in [-0.25, -0.2) is 0 Å². The van der Waals surface area contributed by atoms with Crippen molar-refractivity contribution in [2.75, 3.05) is 26.4 Å². The summed E-state index contributed by atoms with van der Waals surface area (Å²) < 4.78 is 10.5. The molecule has 0 aliphatic rings. The molecule has 0 saturated heterocycles. The van der Waals surface area contributed by atoms with E-state index in [2.05, 4.69) is 6.92 Å². The average Bonchev–Trinajstić information content (AvgIpc) is 2.21.